The van der Waals surface area contributed by atoms with Crippen molar-refractivity contribution < 1.29 is 14.3 Å². The van der Waals surface area contributed by atoms with E-state index in [1.165, 1.54) is 19.3 Å². The molecule has 4 rings (SSSR count). The predicted molar refractivity (Wildman–Crippen MR) is 129 cm³/mol. The average molecular weight is 456 g/mol. The molecular formula is C25H37N5O3. The SMILES string of the molecule is N=C(N)c1ccc(N2CCN(C(=O)N3CCC(CC(=O)OC4CCCCC4)CC3)CC2)cc1. The highest BCUT2D eigenvalue weighted by atomic mass is 16.5. The third-order valence-corrected chi connectivity index (χ3v) is 7.28. The molecule has 0 bridgehead atoms. The van der Waals surface area contributed by atoms with E-state index in [1.54, 1.807) is 0 Å². The lowest BCUT2D eigenvalue weighted by molar-refractivity contribution is -0.152. The molecule has 2 heterocycles. The van der Waals surface area contributed by atoms with Gasteiger partial charge < -0.3 is 25.2 Å². The topological polar surface area (TPSA) is 103 Å². The second kappa shape index (κ2) is 10.9. The molecule has 1 aromatic carbocycles. The first kappa shape index (κ1) is 23.4. The number of nitrogens with zero attached hydrogens (tertiary/aromatic N) is 3. The van der Waals surface area contributed by atoms with E-state index in [9.17, 15) is 9.59 Å². The molecule has 0 aromatic heterocycles. The van der Waals surface area contributed by atoms with Crippen molar-refractivity contribution in [2.24, 2.45) is 11.7 Å². The molecule has 1 saturated carbocycles. The van der Waals surface area contributed by atoms with Crippen molar-refractivity contribution in [2.45, 2.75) is 57.5 Å². The number of ether oxygens (including phenoxy) is 1. The summed E-state index contributed by atoms with van der Waals surface area (Å²) in [6, 6.07) is 7.82. The van der Waals surface area contributed by atoms with Crippen LogP contribution in [-0.2, 0) is 9.53 Å². The molecule has 0 unspecified atom stereocenters. The van der Waals surface area contributed by atoms with E-state index in [-0.39, 0.29) is 23.9 Å². The number of anilines is 1. The second-order valence-electron chi connectivity index (χ2n) is 9.60. The number of amidine groups is 1. The molecule has 3 aliphatic rings. The minimum Gasteiger partial charge on any atom is -0.462 e. The number of piperidine rings is 1. The van der Waals surface area contributed by atoms with Crippen molar-refractivity contribution in [1.82, 2.24) is 9.80 Å². The van der Waals surface area contributed by atoms with Gasteiger partial charge in [0.15, 0.2) is 0 Å². The number of nitrogens with two attached hydrogens (primary N) is 1. The van der Waals surface area contributed by atoms with E-state index >= 15 is 0 Å². The zero-order valence-electron chi connectivity index (χ0n) is 19.5. The van der Waals surface area contributed by atoms with Crippen LogP contribution >= 0.6 is 0 Å². The lowest BCUT2D eigenvalue weighted by atomic mass is 9.93. The van der Waals surface area contributed by atoms with Crippen LogP contribution in [0.15, 0.2) is 24.3 Å². The fourth-order valence-electron chi connectivity index (χ4n) is 5.19. The summed E-state index contributed by atoms with van der Waals surface area (Å²) in [5.41, 5.74) is 7.34. The lowest BCUT2D eigenvalue weighted by Crippen LogP contribution is -2.54. The van der Waals surface area contributed by atoms with Gasteiger partial charge in [0.2, 0.25) is 0 Å². The molecule has 8 nitrogen and oxygen atoms in total. The van der Waals surface area contributed by atoms with Crippen LogP contribution in [0.5, 0.6) is 0 Å². The molecule has 0 atom stereocenters. The zero-order valence-corrected chi connectivity index (χ0v) is 19.5. The van der Waals surface area contributed by atoms with Crippen molar-refractivity contribution >= 4 is 23.5 Å². The third-order valence-electron chi connectivity index (χ3n) is 7.28. The van der Waals surface area contributed by atoms with Gasteiger partial charge in [-0.3, -0.25) is 10.2 Å². The Hall–Kier alpha value is -2.77. The Balaban J connectivity index is 1.18. The van der Waals surface area contributed by atoms with Crippen LogP contribution in [0.1, 0.15) is 56.9 Å². The first-order valence-corrected chi connectivity index (χ1v) is 12.4. The Morgan fingerprint density at radius 3 is 2.09 bits per heavy atom. The van der Waals surface area contributed by atoms with Gasteiger partial charge in [-0.2, -0.15) is 0 Å². The smallest absolute Gasteiger partial charge is 0.320 e. The van der Waals surface area contributed by atoms with E-state index in [4.69, 9.17) is 15.9 Å². The number of nitrogens with one attached hydrogen (secondary N) is 1. The zero-order chi connectivity index (χ0) is 23.2. The summed E-state index contributed by atoms with van der Waals surface area (Å²) in [7, 11) is 0. The van der Waals surface area contributed by atoms with Gasteiger partial charge in [0.1, 0.15) is 11.9 Å². The maximum atomic E-state index is 13.0. The predicted octanol–water partition coefficient (Wildman–Crippen LogP) is 3.19. The van der Waals surface area contributed by atoms with Gasteiger partial charge in [0.05, 0.1) is 0 Å². The van der Waals surface area contributed by atoms with Gasteiger partial charge in [-0.25, -0.2) is 4.79 Å². The van der Waals surface area contributed by atoms with E-state index < -0.39 is 0 Å². The van der Waals surface area contributed by atoms with Crippen LogP contribution in [0.3, 0.4) is 0 Å². The number of urea groups is 1. The fraction of sp³-hybridized carbons (Fsp3) is 0.640. The van der Waals surface area contributed by atoms with Gasteiger partial charge in [0.25, 0.3) is 0 Å². The number of carbonyl (C=O) groups excluding carboxylic acids is 2. The number of rotatable bonds is 5. The molecule has 1 aliphatic carbocycles. The van der Waals surface area contributed by atoms with Gasteiger partial charge in [-0.05, 0) is 68.7 Å². The van der Waals surface area contributed by atoms with E-state index in [0.717, 1.165) is 50.0 Å². The summed E-state index contributed by atoms with van der Waals surface area (Å²) in [4.78, 5) is 31.5. The van der Waals surface area contributed by atoms with Crippen LogP contribution in [0.2, 0.25) is 0 Å². The largest absolute Gasteiger partial charge is 0.462 e. The summed E-state index contributed by atoms with van der Waals surface area (Å²) in [6.45, 7) is 4.39. The first-order chi connectivity index (χ1) is 16.0. The molecular weight excluding hydrogens is 418 g/mol. The Kier molecular flexibility index (Phi) is 7.73. The molecule has 3 N–H and O–H groups in total. The number of benzene rings is 1. The minimum absolute atomic E-state index is 0.0564. The molecule has 3 fully saturated rings. The van der Waals surface area contributed by atoms with Gasteiger partial charge in [-0.1, -0.05) is 6.42 Å². The van der Waals surface area contributed by atoms with Crippen molar-refractivity contribution in [1.29, 1.82) is 5.41 Å². The number of esters is 1. The minimum atomic E-state index is -0.0564. The summed E-state index contributed by atoms with van der Waals surface area (Å²) < 4.78 is 5.68. The number of amides is 2. The fourth-order valence-corrected chi connectivity index (χ4v) is 5.19. The Morgan fingerprint density at radius 1 is 0.879 bits per heavy atom. The number of hydrogen-bond acceptors (Lipinski definition) is 5. The third kappa shape index (κ3) is 6.18. The average Bonchev–Trinajstić information content (AvgIpc) is 2.85. The Morgan fingerprint density at radius 2 is 1.48 bits per heavy atom. The molecule has 2 amide bonds. The van der Waals surface area contributed by atoms with Gasteiger partial charge in [0, 0.05) is 56.9 Å². The second-order valence-corrected chi connectivity index (χ2v) is 9.60. The Bertz CT molecular complexity index is 821. The molecule has 0 spiro atoms. The highest BCUT2D eigenvalue weighted by Gasteiger charge is 2.30. The Labute approximate surface area is 196 Å². The number of hydrogen-bond donors (Lipinski definition) is 2. The van der Waals surface area contributed by atoms with E-state index in [1.807, 2.05) is 34.1 Å². The van der Waals surface area contributed by atoms with Gasteiger partial charge in [-0.15, -0.1) is 0 Å². The highest BCUT2D eigenvalue weighted by Crippen LogP contribution is 2.25. The molecule has 33 heavy (non-hydrogen) atoms. The van der Waals surface area contributed by atoms with Crippen molar-refractivity contribution in [3.05, 3.63) is 29.8 Å². The maximum Gasteiger partial charge on any atom is 0.320 e. The van der Waals surface area contributed by atoms with Crippen LogP contribution in [0.4, 0.5) is 10.5 Å². The molecule has 2 saturated heterocycles. The quantitative estimate of drug-likeness (QED) is 0.403. The number of nitrogen functional groups attached to an aromatic ring is 1. The van der Waals surface area contributed by atoms with Gasteiger partial charge >= 0.3 is 12.0 Å². The summed E-state index contributed by atoms with van der Waals surface area (Å²) in [6.07, 6.45) is 7.95. The standard InChI is InChI=1S/C25H37N5O3/c26-24(27)20-6-8-21(9-7-20)28-14-16-30(17-15-28)25(32)29-12-10-19(11-13-29)18-23(31)33-22-4-2-1-3-5-22/h6-9,19,22H,1-5,10-18H2,(H3,26,27). The van der Waals surface area contributed by atoms with Crippen LogP contribution in [0.25, 0.3) is 0 Å². The van der Waals surface area contributed by atoms with Crippen molar-refractivity contribution in [3.8, 4) is 0 Å². The monoisotopic (exact) mass is 455 g/mol. The van der Waals surface area contributed by atoms with Crippen molar-refractivity contribution in [2.75, 3.05) is 44.2 Å². The molecule has 1 aromatic rings. The summed E-state index contributed by atoms with van der Waals surface area (Å²) >= 11 is 0. The van der Waals surface area contributed by atoms with Crippen LogP contribution in [0, 0.1) is 11.3 Å². The molecule has 0 radical (unpaired) electrons. The number of likely N-dealkylation sites (tertiary alicyclic amines) is 1. The lowest BCUT2D eigenvalue weighted by Gasteiger charge is -2.40. The number of piperazine rings is 1. The van der Waals surface area contributed by atoms with E-state index in [2.05, 4.69) is 4.90 Å². The molecule has 8 heteroatoms. The van der Waals surface area contributed by atoms with Crippen LogP contribution < -0.4 is 10.6 Å². The van der Waals surface area contributed by atoms with Crippen LogP contribution in [-0.4, -0.2) is 73.0 Å². The maximum absolute atomic E-state index is 13.0. The summed E-state index contributed by atoms with van der Waals surface area (Å²) in [5, 5.41) is 7.51. The first-order valence-electron chi connectivity index (χ1n) is 12.4. The molecule has 2 aliphatic heterocycles. The number of carbonyl (C=O) groups is 2. The van der Waals surface area contributed by atoms with E-state index in [0.29, 0.717) is 38.5 Å². The summed E-state index contributed by atoms with van der Waals surface area (Å²) in [5.74, 6) is 0.334. The normalized spacial score (nSPS) is 20.5. The molecule has 180 valence electrons. The highest BCUT2D eigenvalue weighted by molar-refractivity contribution is 5.95. The van der Waals surface area contributed by atoms with Crippen molar-refractivity contribution in [3.63, 3.8) is 0 Å².